The van der Waals surface area contributed by atoms with Gasteiger partial charge in [0.05, 0.1) is 0 Å². The predicted octanol–water partition coefficient (Wildman–Crippen LogP) is 2.12. The van der Waals surface area contributed by atoms with Crippen LogP contribution in [0.15, 0.2) is 0 Å². The predicted molar refractivity (Wildman–Crippen MR) is 41.3 cm³/mol. The number of hydrogen-bond acceptors (Lipinski definition) is 3. The van der Waals surface area contributed by atoms with Crippen LogP contribution in [0.2, 0.25) is 0 Å². The smallest absolute Gasteiger partial charge is 0.232 e. The van der Waals surface area contributed by atoms with Gasteiger partial charge in [-0.15, -0.1) is 0 Å². The molecule has 0 aromatic heterocycles. The molecule has 0 aliphatic carbocycles. The van der Waals surface area contributed by atoms with Crippen LogP contribution in [0.25, 0.3) is 0 Å². The van der Waals surface area contributed by atoms with Crippen LogP contribution in [0.1, 0.15) is 0 Å². The first-order chi connectivity index (χ1) is 4.52. The Labute approximate surface area is 80.3 Å². The van der Waals surface area contributed by atoms with Gasteiger partial charge in [0.2, 0.25) is 10.0 Å². The third kappa shape index (κ3) is 7.34. The van der Waals surface area contributed by atoms with Crippen LogP contribution >= 0.6 is 46.4 Å². The summed E-state index contributed by atoms with van der Waals surface area (Å²) in [6.45, 7) is 0. The maximum atomic E-state index is 10.4. The van der Waals surface area contributed by atoms with E-state index in [-0.39, 0.29) is 0 Å². The fourth-order valence-electron chi connectivity index (χ4n) is 0.141. The monoisotopic (exact) mass is 246 g/mol. The van der Waals surface area contributed by atoms with Crippen LogP contribution in [-0.2, 0) is 19.7 Å². The average molecular weight is 248 g/mol. The second-order valence-electron chi connectivity index (χ2n) is 0.918. The topological polar surface area (TPSA) is 35.5 Å². The third-order valence-corrected chi connectivity index (χ3v) is 1.78. The molecule has 0 atom stereocenters. The van der Waals surface area contributed by atoms with Gasteiger partial charge >= 0.3 is 11.4 Å². The van der Waals surface area contributed by atoms with Gasteiger partial charge in [-0.25, -0.2) is 8.37 Å². The largest absolute Gasteiger partial charge is 0.310 e. The molecule has 0 amide bonds. The molecule has 3 nitrogen and oxygen atoms in total. The van der Waals surface area contributed by atoms with Crippen LogP contribution in [0.5, 0.6) is 0 Å². The number of alkyl halides is 4. The number of rotatable bonds is 4. The summed E-state index contributed by atoms with van der Waals surface area (Å²) in [6.07, 6.45) is 0. The molecule has 0 N–H and O–H groups in total. The summed E-state index contributed by atoms with van der Waals surface area (Å²) in [5.41, 5.74) is 0. The van der Waals surface area contributed by atoms with Gasteiger partial charge in [-0.1, -0.05) is 46.4 Å². The standard InChI is InChI=1S/C2H2Cl4O3S/c3-1(4)8-10(7)9-2(5)6/h1-2H. The molecule has 8 heteroatoms. The Bertz CT molecular complexity index is 105. The van der Waals surface area contributed by atoms with E-state index in [2.05, 4.69) is 8.37 Å². The summed E-state index contributed by atoms with van der Waals surface area (Å²) in [6, 6.07) is 0. The molecule has 0 aliphatic rings. The first-order valence-electron chi connectivity index (χ1n) is 1.84. The van der Waals surface area contributed by atoms with Gasteiger partial charge in [-0.2, -0.15) is 4.21 Å². The van der Waals surface area contributed by atoms with Crippen molar-refractivity contribution in [2.75, 3.05) is 0 Å². The van der Waals surface area contributed by atoms with Crippen LogP contribution in [0, 0.1) is 0 Å². The summed E-state index contributed by atoms with van der Waals surface area (Å²) < 4.78 is 18.7. The van der Waals surface area contributed by atoms with E-state index < -0.39 is 21.4 Å². The Balaban J connectivity index is 3.44. The van der Waals surface area contributed by atoms with E-state index in [1.165, 1.54) is 0 Å². The molecule has 0 bridgehead atoms. The fourth-order valence-corrected chi connectivity index (χ4v) is 1.14. The molecule has 0 rings (SSSR count). The second-order valence-corrected chi connectivity index (χ2v) is 3.74. The van der Waals surface area contributed by atoms with Gasteiger partial charge < -0.3 is 0 Å². The van der Waals surface area contributed by atoms with E-state index in [0.717, 1.165) is 0 Å². The van der Waals surface area contributed by atoms with Crippen molar-refractivity contribution in [2.24, 2.45) is 0 Å². The van der Waals surface area contributed by atoms with E-state index in [9.17, 15) is 4.21 Å². The van der Waals surface area contributed by atoms with Gasteiger partial charge in [-0.05, 0) is 0 Å². The van der Waals surface area contributed by atoms with Gasteiger partial charge in [-0.3, -0.25) is 0 Å². The molecular formula is C2H2Cl4O3S. The first kappa shape index (κ1) is 11.2. The Morgan fingerprint density at radius 3 is 1.50 bits per heavy atom. The first-order valence-corrected chi connectivity index (χ1v) is 4.59. The van der Waals surface area contributed by atoms with E-state index >= 15 is 0 Å². The molecule has 0 saturated heterocycles. The van der Waals surface area contributed by atoms with Crippen molar-refractivity contribution in [1.82, 2.24) is 0 Å². The van der Waals surface area contributed by atoms with Crippen LogP contribution in [0.3, 0.4) is 0 Å². The lowest BCUT2D eigenvalue weighted by Crippen LogP contribution is -2.07. The van der Waals surface area contributed by atoms with E-state index in [4.69, 9.17) is 46.4 Å². The number of hydrogen-bond donors (Lipinski definition) is 0. The summed E-state index contributed by atoms with van der Waals surface area (Å²) in [7, 11) is 0. The summed E-state index contributed by atoms with van der Waals surface area (Å²) in [4.78, 5) is 0. The molecule has 0 radical (unpaired) electrons. The van der Waals surface area contributed by atoms with Gasteiger partial charge in [0, 0.05) is 0 Å². The average Bonchev–Trinajstić information content (AvgIpc) is 1.58. The Kier molecular flexibility index (Phi) is 6.54. The van der Waals surface area contributed by atoms with Crippen LogP contribution in [-0.4, -0.2) is 14.3 Å². The van der Waals surface area contributed by atoms with Crippen molar-refractivity contribution in [3.05, 3.63) is 0 Å². The van der Waals surface area contributed by atoms with Gasteiger partial charge in [0.15, 0.2) is 0 Å². The molecule has 0 spiro atoms. The molecule has 10 heavy (non-hydrogen) atoms. The second kappa shape index (κ2) is 5.83. The number of halogens is 4. The molecule has 0 aliphatic heterocycles. The Morgan fingerprint density at radius 2 is 1.30 bits per heavy atom. The maximum Gasteiger partial charge on any atom is 0.310 e. The normalized spacial score (nSPS) is 11.9. The highest BCUT2D eigenvalue weighted by Gasteiger charge is 2.10. The van der Waals surface area contributed by atoms with Crippen LogP contribution < -0.4 is 0 Å². The lowest BCUT2D eigenvalue weighted by Gasteiger charge is -2.02. The molecule has 62 valence electrons. The molecule has 0 heterocycles. The zero-order chi connectivity index (χ0) is 8.15. The highest BCUT2D eigenvalue weighted by Crippen LogP contribution is 2.11. The lowest BCUT2D eigenvalue weighted by atomic mass is 11.7. The SMILES string of the molecule is O=S(OC(Cl)Cl)OC(Cl)Cl. The quantitative estimate of drug-likeness (QED) is 0.714. The summed E-state index contributed by atoms with van der Waals surface area (Å²) >= 11 is 18.1. The van der Waals surface area contributed by atoms with Crippen molar-refractivity contribution in [3.63, 3.8) is 0 Å². The third-order valence-electron chi connectivity index (χ3n) is 0.303. The Hall–Kier alpha value is 1.23. The molecule has 0 saturated carbocycles. The highest BCUT2D eigenvalue weighted by atomic mass is 35.5. The maximum absolute atomic E-state index is 10.4. The minimum atomic E-state index is -2.11. The molecule has 0 aromatic carbocycles. The molecule has 0 unspecified atom stereocenters. The lowest BCUT2D eigenvalue weighted by molar-refractivity contribution is 0.280. The minimum Gasteiger partial charge on any atom is -0.232 e. The fraction of sp³-hybridized carbons (Fsp3) is 1.00. The van der Waals surface area contributed by atoms with Gasteiger partial charge in [0.1, 0.15) is 0 Å². The van der Waals surface area contributed by atoms with Crippen molar-refractivity contribution in [3.8, 4) is 0 Å². The van der Waals surface area contributed by atoms with Crippen molar-refractivity contribution in [2.45, 2.75) is 10.0 Å². The molecule has 0 fully saturated rings. The van der Waals surface area contributed by atoms with Crippen molar-refractivity contribution < 1.29 is 12.6 Å². The van der Waals surface area contributed by atoms with Crippen molar-refractivity contribution in [1.29, 1.82) is 0 Å². The van der Waals surface area contributed by atoms with Gasteiger partial charge in [0.25, 0.3) is 0 Å². The zero-order valence-electron chi connectivity index (χ0n) is 4.30. The van der Waals surface area contributed by atoms with Crippen LogP contribution in [0.4, 0.5) is 0 Å². The zero-order valence-corrected chi connectivity index (χ0v) is 8.14. The molecule has 0 aromatic rings. The van der Waals surface area contributed by atoms with E-state index in [0.29, 0.717) is 0 Å². The Morgan fingerprint density at radius 1 is 1.00 bits per heavy atom. The summed E-state index contributed by atoms with van der Waals surface area (Å²) in [5.74, 6) is 0. The molecular weight excluding hydrogens is 246 g/mol. The highest BCUT2D eigenvalue weighted by molar-refractivity contribution is 7.75. The van der Waals surface area contributed by atoms with Crippen molar-refractivity contribution >= 4 is 57.8 Å². The van der Waals surface area contributed by atoms with E-state index in [1.54, 1.807) is 0 Å². The van der Waals surface area contributed by atoms with E-state index in [1.807, 2.05) is 0 Å². The minimum absolute atomic E-state index is 1.23. The summed E-state index contributed by atoms with van der Waals surface area (Å²) in [5, 5.41) is -2.46.